The predicted octanol–water partition coefficient (Wildman–Crippen LogP) is 3.89. The van der Waals surface area contributed by atoms with Crippen LogP contribution in [0.4, 0.5) is 0 Å². The number of nitrogens with one attached hydrogen (secondary N) is 2. The molecule has 30 heavy (non-hydrogen) atoms. The summed E-state index contributed by atoms with van der Waals surface area (Å²) in [5, 5.41) is 6.35. The lowest BCUT2D eigenvalue weighted by molar-refractivity contribution is 0.0958. The third-order valence-electron chi connectivity index (χ3n) is 5.38. The van der Waals surface area contributed by atoms with Crippen LogP contribution in [0.25, 0.3) is 0 Å². The van der Waals surface area contributed by atoms with Gasteiger partial charge in [-0.15, -0.1) is 35.3 Å². The molecule has 3 rings (SSSR count). The second-order valence-corrected chi connectivity index (χ2v) is 8.34. The van der Waals surface area contributed by atoms with Gasteiger partial charge in [0.2, 0.25) is 0 Å². The summed E-state index contributed by atoms with van der Waals surface area (Å²) >= 11 is 1.37. The van der Waals surface area contributed by atoms with E-state index in [0.717, 1.165) is 37.7 Å². The molecule has 1 aromatic heterocycles. The minimum absolute atomic E-state index is 0. The van der Waals surface area contributed by atoms with Gasteiger partial charge in [-0.3, -0.25) is 9.79 Å². The van der Waals surface area contributed by atoms with Gasteiger partial charge >= 0.3 is 0 Å². The molecular formula is C22H32IN5OS. The predicted molar refractivity (Wildman–Crippen MR) is 135 cm³/mol. The maximum Gasteiger partial charge on any atom is 0.263 e. The van der Waals surface area contributed by atoms with Gasteiger partial charge in [0.25, 0.3) is 5.91 Å². The van der Waals surface area contributed by atoms with E-state index in [9.17, 15) is 4.79 Å². The molecule has 1 aliphatic rings. The van der Waals surface area contributed by atoms with Crippen LogP contribution in [0, 0.1) is 12.8 Å². The van der Waals surface area contributed by atoms with Crippen LogP contribution >= 0.6 is 35.3 Å². The summed E-state index contributed by atoms with van der Waals surface area (Å²) < 4.78 is 0. The monoisotopic (exact) mass is 541 g/mol. The molecule has 0 radical (unpaired) electrons. The van der Waals surface area contributed by atoms with Crippen LogP contribution in [0.3, 0.4) is 0 Å². The van der Waals surface area contributed by atoms with Gasteiger partial charge in [-0.25, -0.2) is 4.98 Å². The normalized spacial score (nSPS) is 19.2. The van der Waals surface area contributed by atoms with Crippen LogP contribution < -0.4 is 10.6 Å². The first kappa shape index (κ1) is 24.6. The van der Waals surface area contributed by atoms with Crippen molar-refractivity contribution < 1.29 is 4.79 Å². The van der Waals surface area contributed by atoms with Crippen LogP contribution in [-0.4, -0.2) is 54.5 Å². The van der Waals surface area contributed by atoms with Crippen molar-refractivity contribution in [2.45, 2.75) is 33.1 Å². The zero-order valence-corrected chi connectivity index (χ0v) is 21.1. The Bertz CT molecular complexity index is 826. The Morgan fingerprint density at radius 1 is 1.30 bits per heavy atom. The van der Waals surface area contributed by atoms with Crippen LogP contribution in [0.15, 0.2) is 40.8 Å². The van der Waals surface area contributed by atoms with E-state index in [1.54, 1.807) is 5.51 Å². The smallest absolute Gasteiger partial charge is 0.263 e. The van der Waals surface area contributed by atoms with Crippen molar-refractivity contribution >= 4 is 47.2 Å². The maximum atomic E-state index is 12.2. The number of thiazole rings is 1. The fraction of sp³-hybridized carbons (Fsp3) is 0.500. The van der Waals surface area contributed by atoms with E-state index in [4.69, 9.17) is 4.99 Å². The highest BCUT2D eigenvalue weighted by atomic mass is 127. The molecule has 2 unspecified atom stereocenters. The van der Waals surface area contributed by atoms with Crippen LogP contribution in [0.5, 0.6) is 0 Å². The molecule has 1 saturated heterocycles. The van der Waals surface area contributed by atoms with Gasteiger partial charge in [0, 0.05) is 26.2 Å². The summed E-state index contributed by atoms with van der Waals surface area (Å²) in [7, 11) is 0. The average Bonchev–Trinajstić information content (AvgIpc) is 3.16. The Balaban J connectivity index is 0.00000320. The Hall–Kier alpha value is -1.68. The number of carbonyl (C=O) groups excluding carboxylic acids is 1. The number of halogens is 1. The molecule has 0 aliphatic carbocycles. The van der Waals surface area contributed by atoms with Crippen molar-refractivity contribution in [2.75, 3.05) is 32.7 Å². The van der Waals surface area contributed by atoms with Crippen molar-refractivity contribution in [3.05, 3.63) is 52.0 Å². The molecule has 1 aliphatic heterocycles. The number of rotatable bonds is 6. The highest BCUT2D eigenvalue weighted by molar-refractivity contribution is 14.0. The molecule has 1 fully saturated rings. The molecule has 0 saturated carbocycles. The minimum atomic E-state index is -0.0671. The highest BCUT2D eigenvalue weighted by Crippen LogP contribution is 2.32. The van der Waals surface area contributed by atoms with Crippen LogP contribution in [0.2, 0.25) is 0 Å². The molecule has 2 atom stereocenters. The summed E-state index contributed by atoms with van der Waals surface area (Å²) in [6.45, 7) is 10.1. The molecule has 2 heterocycles. The maximum absolute atomic E-state index is 12.2. The van der Waals surface area contributed by atoms with E-state index >= 15 is 0 Å². The Morgan fingerprint density at radius 3 is 2.70 bits per heavy atom. The minimum Gasteiger partial charge on any atom is -0.357 e. The van der Waals surface area contributed by atoms with Crippen molar-refractivity contribution in [1.29, 1.82) is 0 Å². The molecule has 1 amide bonds. The summed E-state index contributed by atoms with van der Waals surface area (Å²) in [5.74, 6) is 2.03. The first-order valence-corrected chi connectivity index (χ1v) is 11.2. The van der Waals surface area contributed by atoms with Gasteiger partial charge in [0.15, 0.2) is 5.96 Å². The van der Waals surface area contributed by atoms with Crippen molar-refractivity contribution in [1.82, 2.24) is 20.5 Å². The van der Waals surface area contributed by atoms with Crippen LogP contribution in [-0.2, 0) is 0 Å². The van der Waals surface area contributed by atoms with Gasteiger partial charge in [0.1, 0.15) is 4.88 Å². The second-order valence-electron chi connectivity index (χ2n) is 7.49. The van der Waals surface area contributed by atoms with Crippen molar-refractivity contribution in [3.63, 3.8) is 0 Å². The number of aryl methyl sites for hydroxylation is 1. The average molecular weight is 542 g/mol. The third kappa shape index (κ3) is 6.41. The summed E-state index contributed by atoms with van der Waals surface area (Å²) in [4.78, 5) is 24.1. The van der Waals surface area contributed by atoms with Gasteiger partial charge in [-0.1, -0.05) is 37.3 Å². The molecule has 1 aromatic carbocycles. The van der Waals surface area contributed by atoms with Gasteiger partial charge in [-0.2, -0.15) is 0 Å². The number of amides is 1. The molecule has 8 heteroatoms. The number of nitrogens with zero attached hydrogens (tertiary/aromatic N) is 3. The molecule has 6 nitrogen and oxygen atoms in total. The van der Waals surface area contributed by atoms with Gasteiger partial charge in [-0.05, 0) is 37.7 Å². The fourth-order valence-corrected chi connectivity index (χ4v) is 4.61. The summed E-state index contributed by atoms with van der Waals surface area (Å²) in [5.41, 5.74) is 3.91. The number of piperidine rings is 1. The molecule has 164 valence electrons. The second kappa shape index (κ2) is 12.2. The zero-order valence-electron chi connectivity index (χ0n) is 17.9. The number of benzene rings is 1. The lowest BCUT2D eigenvalue weighted by atomic mass is 9.82. The Morgan fingerprint density at radius 2 is 2.07 bits per heavy atom. The SMILES string of the molecule is CCNC(=NCCNC(=O)c1scnc1C)N1CCC(c2ccccc2)C(C)C1.I. The van der Waals surface area contributed by atoms with E-state index in [0.29, 0.717) is 29.8 Å². The molecular weight excluding hydrogens is 509 g/mol. The topological polar surface area (TPSA) is 69.6 Å². The number of aliphatic imine (C=N–C) groups is 1. The van der Waals surface area contributed by atoms with E-state index in [1.807, 2.05) is 6.92 Å². The highest BCUT2D eigenvalue weighted by Gasteiger charge is 2.28. The Kier molecular flexibility index (Phi) is 10.0. The van der Waals surface area contributed by atoms with Gasteiger partial charge < -0.3 is 15.5 Å². The van der Waals surface area contributed by atoms with Crippen LogP contribution in [0.1, 0.15) is 47.1 Å². The van der Waals surface area contributed by atoms with E-state index < -0.39 is 0 Å². The Labute approximate surface area is 200 Å². The summed E-state index contributed by atoms with van der Waals surface area (Å²) in [6.07, 6.45) is 1.12. The number of carbonyl (C=O) groups is 1. The van der Waals surface area contributed by atoms with E-state index in [-0.39, 0.29) is 29.9 Å². The van der Waals surface area contributed by atoms with E-state index in [2.05, 4.69) is 64.7 Å². The number of hydrogen-bond acceptors (Lipinski definition) is 4. The number of hydrogen-bond donors (Lipinski definition) is 2. The third-order valence-corrected chi connectivity index (χ3v) is 6.31. The molecule has 2 aromatic rings. The van der Waals surface area contributed by atoms with E-state index in [1.165, 1.54) is 16.9 Å². The first-order chi connectivity index (χ1) is 14.1. The molecule has 0 bridgehead atoms. The number of likely N-dealkylation sites (tertiary alicyclic amines) is 1. The number of aromatic nitrogens is 1. The first-order valence-electron chi connectivity index (χ1n) is 10.4. The lowest BCUT2D eigenvalue weighted by Gasteiger charge is -2.39. The lowest BCUT2D eigenvalue weighted by Crippen LogP contribution is -2.48. The summed E-state index contributed by atoms with van der Waals surface area (Å²) in [6, 6.07) is 10.8. The standard InChI is InChI=1S/C22H31N5OS.HI/c1-4-23-22(25-12-11-24-21(28)20-17(3)26-15-29-20)27-13-10-19(16(2)14-27)18-8-6-5-7-9-18;/h5-9,15-16,19H,4,10-14H2,1-3H3,(H,23,25)(H,24,28);1H. The molecule has 0 spiro atoms. The fourth-order valence-electron chi connectivity index (χ4n) is 3.89. The zero-order chi connectivity index (χ0) is 20.6. The largest absolute Gasteiger partial charge is 0.357 e. The quantitative estimate of drug-likeness (QED) is 0.252. The van der Waals surface area contributed by atoms with Crippen molar-refractivity contribution in [2.24, 2.45) is 10.9 Å². The number of guanidine groups is 1. The van der Waals surface area contributed by atoms with Crippen molar-refractivity contribution in [3.8, 4) is 0 Å². The van der Waals surface area contributed by atoms with Gasteiger partial charge in [0.05, 0.1) is 17.7 Å². The molecule has 2 N–H and O–H groups in total.